The maximum Gasteiger partial charge on any atom is 0.240 e. The summed E-state index contributed by atoms with van der Waals surface area (Å²) in [5.41, 5.74) is 0.676. The molecule has 19 heavy (non-hydrogen) atoms. The third kappa shape index (κ3) is 3.28. The average molecular weight is 304 g/mol. The predicted octanol–water partition coefficient (Wildman–Crippen LogP) is 2.30. The van der Waals surface area contributed by atoms with Gasteiger partial charge in [0.05, 0.1) is 11.5 Å². The summed E-state index contributed by atoms with van der Waals surface area (Å²) in [6.45, 7) is 2.35. The van der Waals surface area contributed by atoms with Crippen LogP contribution in [-0.2, 0) is 16.6 Å². The number of halogens is 1. The summed E-state index contributed by atoms with van der Waals surface area (Å²) >= 11 is 5.91. The Labute approximate surface area is 118 Å². The lowest BCUT2D eigenvalue weighted by Crippen LogP contribution is -2.30. The number of hydrogen-bond donors (Lipinski definition) is 2. The number of benzene rings is 1. The van der Waals surface area contributed by atoms with E-state index in [-0.39, 0.29) is 21.9 Å². The van der Waals surface area contributed by atoms with Gasteiger partial charge in [-0.25, -0.2) is 13.1 Å². The van der Waals surface area contributed by atoms with Gasteiger partial charge in [0.1, 0.15) is 0 Å². The summed E-state index contributed by atoms with van der Waals surface area (Å²) in [6, 6.07) is 4.37. The van der Waals surface area contributed by atoms with Crippen molar-refractivity contribution < 1.29 is 13.5 Å². The molecule has 1 saturated carbocycles. The first kappa shape index (κ1) is 14.8. The number of nitrogens with one attached hydrogen (secondary N) is 1. The zero-order valence-corrected chi connectivity index (χ0v) is 12.4. The minimum Gasteiger partial charge on any atom is -0.392 e. The second kappa shape index (κ2) is 5.40. The van der Waals surface area contributed by atoms with E-state index < -0.39 is 10.0 Å². The number of rotatable bonds is 6. The van der Waals surface area contributed by atoms with Gasteiger partial charge in [-0.3, -0.25) is 0 Å². The molecule has 6 heteroatoms. The lowest BCUT2D eigenvalue weighted by molar-refractivity contribution is 0.282. The summed E-state index contributed by atoms with van der Waals surface area (Å²) in [4.78, 5) is 0.140. The third-order valence-electron chi connectivity index (χ3n) is 3.85. The van der Waals surface area contributed by atoms with Crippen LogP contribution in [0.2, 0.25) is 5.02 Å². The highest BCUT2D eigenvalue weighted by Gasteiger charge is 2.41. The van der Waals surface area contributed by atoms with Crippen molar-refractivity contribution >= 4 is 21.6 Å². The van der Waals surface area contributed by atoms with E-state index in [1.807, 2.05) is 0 Å². The predicted molar refractivity (Wildman–Crippen MR) is 74.5 cm³/mol. The van der Waals surface area contributed by atoms with Crippen molar-refractivity contribution in [1.82, 2.24) is 4.72 Å². The van der Waals surface area contributed by atoms with Crippen LogP contribution in [0.5, 0.6) is 0 Å². The van der Waals surface area contributed by atoms with Gasteiger partial charge in [0.15, 0.2) is 0 Å². The number of sulfonamides is 1. The molecular weight excluding hydrogens is 286 g/mol. The molecule has 1 aromatic carbocycles. The second-order valence-corrected chi connectivity index (χ2v) is 7.26. The van der Waals surface area contributed by atoms with E-state index >= 15 is 0 Å². The van der Waals surface area contributed by atoms with Gasteiger partial charge in [-0.15, -0.1) is 0 Å². The average Bonchev–Trinajstić information content (AvgIpc) is 3.17. The van der Waals surface area contributed by atoms with Crippen LogP contribution in [0, 0.1) is 5.41 Å². The lowest BCUT2D eigenvalue weighted by Gasteiger charge is -2.14. The minimum absolute atomic E-state index is 0.140. The molecule has 2 N–H and O–H groups in total. The number of hydrogen-bond acceptors (Lipinski definition) is 3. The maximum atomic E-state index is 12.1. The molecule has 1 aliphatic rings. The van der Waals surface area contributed by atoms with Crippen LogP contribution in [0.15, 0.2) is 23.1 Å². The number of aliphatic hydroxyl groups is 1. The van der Waals surface area contributed by atoms with Gasteiger partial charge in [0, 0.05) is 11.6 Å². The van der Waals surface area contributed by atoms with Crippen LogP contribution < -0.4 is 4.72 Å². The number of aliphatic hydroxyl groups excluding tert-OH is 1. The quantitative estimate of drug-likeness (QED) is 0.847. The van der Waals surface area contributed by atoms with Gasteiger partial charge in [-0.05, 0) is 42.4 Å². The standard InChI is InChI=1S/C13H18ClNO3S/c1-2-13(5-6-13)9-15-19(17,18)11-4-3-10(8-16)12(14)7-11/h3-4,7,15-16H,2,5-6,8-9H2,1H3. The van der Waals surface area contributed by atoms with E-state index in [9.17, 15) is 8.42 Å². The van der Waals surface area contributed by atoms with E-state index in [1.165, 1.54) is 18.2 Å². The molecule has 0 aliphatic heterocycles. The highest BCUT2D eigenvalue weighted by molar-refractivity contribution is 7.89. The van der Waals surface area contributed by atoms with Crippen molar-refractivity contribution in [1.29, 1.82) is 0 Å². The highest BCUT2D eigenvalue weighted by atomic mass is 35.5. The van der Waals surface area contributed by atoms with E-state index in [4.69, 9.17) is 16.7 Å². The molecule has 0 amide bonds. The fourth-order valence-electron chi connectivity index (χ4n) is 1.99. The largest absolute Gasteiger partial charge is 0.392 e. The fourth-order valence-corrected chi connectivity index (χ4v) is 3.48. The van der Waals surface area contributed by atoms with Gasteiger partial charge >= 0.3 is 0 Å². The van der Waals surface area contributed by atoms with Gasteiger partial charge in [0.25, 0.3) is 0 Å². The molecule has 1 aliphatic carbocycles. The van der Waals surface area contributed by atoms with Crippen molar-refractivity contribution in [2.45, 2.75) is 37.7 Å². The molecule has 0 saturated heterocycles. The van der Waals surface area contributed by atoms with Crippen LogP contribution in [0.25, 0.3) is 0 Å². The maximum absolute atomic E-state index is 12.1. The first-order chi connectivity index (χ1) is 8.92. The van der Waals surface area contributed by atoms with Crippen molar-refractivity contribution in [3.63, 3.8) is 0 Å². The van der Waals surface area contributed by atoms with Gasteiger partial charge < -0.3 is 5.11 Å². The summed E-state index contributed by atoms with van der Waals surface area (Å²) in [5.74, 6) is 0. The smallest absolute Gasteiger partial charge is 0.240 e. The summed E-state index contributed by atoms with van der Waals surface area (Å²) in [5, 5.41) is 9.28. The SMILES string of the molecule is CCC1(CNS(=O)(=O)c2ccc(CO)c(Cl)c2)CC1. The molecule has 0 heterocycles. The van der Waals surface area contributed by atoms with Crippen LogP contribution >= 0.6 is 11.6 Å². The molecule has 2 rings (SSSR count). The van der Waals surface area contributed by atoms with Crippen molar-refractivity contribution in [3.8, 4) is 0 Å². The normalized spacial score (nSPS) is 17.4. The molecule has 0 aromatic heterocycles. The molecule has 106 valence electrons. The van der Waals surface area contributed by atoms with E-state index in [0.717, 1.165) is 19.3 Å². The van der Waals surface area contributed by atoms with Crippen LogP contribution in [-0.4, -0.2) is 20.1 Å². The van der Waals surface area contributed by atoms with Gasteiger partial charge in [-0.2, -0.15) is 0 Å². The van der Waals surface area contributed by atoms with Crippen molar-refractivity contribution in [2.24, 2.45) is 5.41 Å². The van der Waals surface area contributed by atoms with Crippen LogP contribution in [0.1, 0.15) is 31.7 Å². The van der Waals surface area contributed by atoms with Crippen molar-refractivity contribution in [3.05, 3.63) is 28.8 Å². The Morgan fingerprint density at radius 2 is 2.11 bits per heavy atom. The zero-order valence-electron chi connectivity index (χ0n) is 10.8. The minimum atomic E-state index is -3.53. The Morgan fingerprint density at radius 1 is 1.42 bits per heavy atom. The topological polar surface area (TPSA) is 66.4 Å². The van der Waals surface area contributed by atoms with Crippen LogP contribution in [0.3, 0.4) is 0 Å². The Bertz CT molecular complexity index is 567. The first-order valence-corrected chi connectivity index (χ1v) is 8.17. The van der Waals surface area contributed by atoms with Crippen LogP contribution in [0.4, 0.5) is 0 Å². The Kier molecular flexibility index (Phi) is 4.20. The first-order valence-electron chi connectivity index (χ1n) is 6.31. The Hall–Kier alpha value is -0.620. The van der Waals surface area contributed by atoms with Crippen molar-refractivity contribution in [2.75, 3.05) is 6.54 Å². The Balaban J connectivity index is 2.13. The third-order valence-corrected chi connectivity index (χ3v) is 5.60. The van der Waals surface area contributed by atoms with Gasteiger partial charge in [0.2, 0.25) is 10.0 Å². The second-order valence-electron chi connectivity index (χ2n) is 5.09. The lowest BCUT2D eigenvalue weighted by atomic mass is 10.1. The summed E-state index contributed by atoms with van der Waals surface area (Å²) in [7, 11) is -3.53. The molecule has 1 fully saturated rings. The zero-order chi connectivity index (χ0) is 14.1. The molecule has 0 spiro atoms. The molecule has 1 aromatic rings. The van der Waals surface area contributed by atoms with E-state index in [0.29, 0.717) is 12.1 Å². The molecule has 0 unspecified atom stereocenters. The fraction of sp³-hybridized carbons (Fsp3) is 0.538. The van der Waals surface area contributed by atoms with E-state index in [2.05, 4.69) is 11.6 Å². The molecular formula is C13H18ClNO3S. The molecule has 0 radical (unpaired) electrons. The Morgan fingerprint density at radius 3 is 2.58 bits per heavy atom. The summed E-state index contributed by atoms with van der Waals surface area (Å²) < 4.78 is 26.9. The van der Waals surface area contributed by atoms with E-state index in [1.54, 1.807) is 0 Å². The monoisotopic (exact) mass is 303 g/mol. The molecule has 4 nitrogen and oxygen atoms in total. The van der Waals surface area contributed by atoms with Gasteiger partial charge in [-0.1, -0.05) is 24.6 Å². The molecule has 0 atom stereocenters. The summed E-state index contributed by atoms with van der Waals surface area (Å²) in [6.07, 6.45) is 3.15. The molecule has 0 bridgehead atoms. The highest BCUT2D eigenvalue weighted by Crippen LogP contribution is 2.48.